The SMILES string of the molecule is c1ccc(CO[C@H]2O[C@H]3O[C@H]3[C@@H](OCc3ccccc3)[C@H]2OCc2ccccc2)cc1. The summed E-state index contributed by atoms with van der Waals surface area (Å²) in [5.74, 6) is 0. The predicted octanol–water partition coefficient (Wildman–Crippen LogP) is 4.46. The Balaban J connectivity index is 1.30. The van der Waals surface area contributed by atoms with Gasteiger partial charge in [0.05, 0.1) is 19.8 Å². The first-order valence-electron chi connectivity index (χ1n) is 10.6. The number of epoxide rings is 1. The van der Waals surface area contributed by atoms with Gasteiger partial charge in [0.25, 0.3) is 0 Å². The molecule has 2 aliphatic rings. The van der Waals surface area contributed by atoms with E-state index in [1.54, 1.807) is 0 Å². The Hall–Kier alpha value is -2.54. The van der Waals surface area contributed by atoms with Crippen LogP contribution in [0.25, 0.3) is 0 Å². The molecule has 2 aliphatic heterocycles. The number of benzene rings is 3. The van der Waals surface area contributed by atoms with Crippen LogP contribution in [0.1, 0.15) is 16.7 Å². The summed E-state index contributed by atoms with van der Waals surface area (Å²) in [6.45, 7) is 1.36. The summed E-state index contributed by atoms with van der Waals surface area (Å²) in [7, 11) is 0. The van der Waals surface area contributed by atoms with Crippen LogP contribution in [-0.4, -0.2) is 30.9 Å². The summed E-state index contributed by atoms with van der Waals surface area (Å²) < 4.78 is 30.5. The highest BCUT2D eigenvalue weighted by Crippen LogP contribution is 2.40. The van der Waals surface area contributed by atoms with Crippen molar-refractivity contribution in [2.45, 2.75) is 50.7 Å². The highest BCUT2D eigenvalue weighted by atomic mass is 16.8. The van der Waals surface area contributed by atoms with E-state index in [0.717, 1.165) is 16.7 Å². The van der Waals surface area contributed by atoms with E-state index in [4.69, 9.17) is 23.7 Å². The van der Waals surface area contributed by atoms with Gasteiger partial charge < -0.3 is 23.7 Å². The molecule has 5 rings (SSSR count). The highest BCUT2D eigenvalue weighted by molar-refractivity contribution is 5.15. The summed E-state index contributed by atoms with van der Waals surface area (Å²) in [5.41, 5.74) is 3.27. The minimum absolute atomic E-state index is 0.138. The minimum Gasteiger partial charge on any atom is -0.368 e. The number of hydrogen-bond acceptors (Lipinski definition) is 5. The van der Waals surface area contributed by atoms with E-state index in [-0.39, 0.29) is 18.5 Å². The van der Waals surface area contributed by atoms with Crippen LogP contribution >= 0.6 is 0 Å². The largest absolute Gasteiger partial charge is 0.368 e. The molecule has 0 spiro atoms. The van der Waals surface area contributed by atoms with E-state index in [1.165, 1.54) is 0 Å². The number of fused-ring (bicyclic) bond motifs is 1. The lowest BCUT2D eigenvalue weighted by Gasteiger charge is -2.35. The van der Waals surface area contributed by atoms with Crippen molar-refractivity contribution in [3.63, 3.8) is 0 Å². The quantitative estimate of drug-likeness (QED) is 0.481. The molecule has 0 saturated carbocycles. The van der Waals surface area contributed by atoms with Crippen molar-refractivity contribution in [2.75, 3.05) is 0 Å². The standard InChI is InChI=1S/C26H26O5/c1-4-10-19(11-5-1)16-27-22-23(28-17-20-12-6-2-7-13-20)25(31-26-24(22)30-26)29-18-21-14-8-3-9-15-21/h1-15,22-26H,16-18H2/t22-,23+,24-,25-,26+/m0/s1. The minimum atomic E-state index is -0.576. The first-order chi connectivity index (χ1) is 15.4. The molecule has 2 heterocycles. The monoisotopic (exact) mass is 418 g/mol. The second-order valence-corrected chi connectivity index (χ2v) is 7.79. The fraction of sp³-hybridized carbons (Fsp3) is 0.308. The fourth-order valence-corrected chi connectivity index (χ4v) is 3.79. The zero-order chi connectivity index (χ0) is 20.9. The molecule has 31 heavy (non-hydrogen) atoms. The van der Waals surface area contributed by atoms with Crippen molar-refractivity contribution in [3.8, 4) is 0 Å². The third-order valence-corrected chi connectivity index (χ3v) is 5.49. The van der Waals surface area contributed by atoms with Crippen molar-refractivity contribution < 1.29 is 23.7 Å². The lowest BCUT2D eigenvalue weighted by Crippen LogP contribution is -2.51. The van der Waals surface area contributed by atoms with Crippen molar-refractivity contribution in [1.82, 2.24) is 0 Å². The van der Waals surface area contributed by atoms with E-state index in [2.05, 4.69) is 0 Å². The molecule has 2 saturated heterocycles. The molecule has 160 valence electrons. The second-order valence-electron chi connectivity index (χ2n) is 7.79. The normalized spacial score (nSPS) is 26.9. The molecule has 5 nitrogen and oxygen atoms in total. The molecule has 0 N–H and O–H groups in total. The van der Waals surface area contributed by atoms with E-state index in [0.29, 0.717) is 19.8 Å². The molecule has 0 aliphatic carbocycles. The number of hydrogen-bond donors (Lipinski definition) is 0. The van der Waals surface area contributed by atoms with Crippen LogP contribution in [0, 0.1) is 0 Å². The van der Waals surface area contributed by atoms with Gasteiger partial charge in [0, 0.05) is 0 Å². The predicted molar refractivity (Wildman–Crippen MR) is 115 cm³/mol. The molecule has 3 aromatic carbocycles. The first kappa shape index (κ1) is 20.4. The molecule has 2 fully saturated rings. The van der Waals surface area contributed by atoms with E-state index in [1.807, 2.05) is 91.0 Å². The van der Waals surface area contributed by atoms with Crippen LogP contribution in [0.5, 0.6) is 0 Å². The van der Waals surface area contributed by atoms with Crippen LogP contribution in [0.3, 0.4) is 0 Å². The zero-order valence-electron chi connectivity index (χ0n) is 17.2. The molecule has 0 amide bonds. The molecular weight excluding hydrogens is 392 g/mol. The maximum Gasteiger partial charge on any atom is 0.190 e. The van der Waals surface area contributed by atoms with Crippen LogP contribution < -0.4 is 0 Å². The Labute approximate surface area is 182 Å². The van der Waals surface area contributed by atoms with Gasteiger partial charge in [0.15, 0.2) is 12.6 Å². The maximum absolute atomic E-state index is 6.31. The second kappa shape index (κ2) is 9.73. The smallest absolute Gasteiger partial charge is 0.190 e. The van der Waals surface area contributed by atoms with Crippen LogP contribution in [0.4, 0.5) is 0 Å². The topological polar surface area (TPSA) is 49.5 Å². The van der Waals surface area contributed by atoms with Crippen molar-refractivity contribution in [3.05, 3.63) is 108 Å². The third kappa shape index (κ3) is 5.21. The Kier molecular flexibility index (Phi) is 6.39. The molecule has 0 aromatic heterocycles. The summed E-state index contributed by atoms with van der Waals surface area (Å²) in [6, 6.07) is 30.2. The number of rotatable bonds is 9. The average Bonchev–Trinajstić information content (AvgIpc) is 3.61. The number of ether oxygens (including phenoxy) is 5. The zero-order valence-corrected chi connectivity index (χ0v) is 17.2. The van der Waals surface area contributed by atoms with Crippen LogP contribution in [0.15, 0.2) is 91.0 Å². The maximum atomic E-state index is 6.31. The lowest BCUT2D eigenvalue weighted by atomic mass is 10.1. The Bertz CT molecular complexity index is 934. The Morgan fingerprint density at radius 2 is 0.968 bits per heavy atom. The fourth-order valence-electron chi connectivity index (χ4n) is 3.79. The van der Waals surface area contributed by atoms with Gasteiger partial charge >= 0.3 is 0 Å². The summed E-state index contributed by atoms with van der Waals surface area (Å²) in [5, 5.41) is 0. The molecular formula is C26H26O5. The summed E-state index contributed by atoms with van der Waals surface area (Å²) >= 11 is 0. The van der Waals surface area contributed by atoms with Crippen molar-refractivity contribution in [1.29, 1.82) is 0 Å². The first-order valence-corrected chi connectivity index (χ1v) is 10.6. The lowest BCUT2D eigenvalue weighted by molar-refractivity contribution is -0.269. The summed E-state index contributed by atoms with van der Waals surface area (Å²) in [4.78, 5) is 0. The van der Waals surface area contributed by atoms with E-state index >= 15 is 0 Å². The molecule has 0 radical (unpaired) electrons. The van der Waals surface area contributed by atoms with Gasteiger partial charge in [0.1, 0.15) is 18.3 Å². The van der Waals surface area contributed by atoms with Crippen LogP contribution in [-0.2, 0) is 43.5 Å². The Morgan fingerprint density at radius 3 is 1.48 bits per heavy atom. The van der Waals surface area contributed by atoms with Crippen LogP contribution in [0.2, 0.25) is 0 Å². The van der Waals surface area contributed by atoms with Gasteiger partial charge in [0.2, 0.25) is 0 Å². The highest BCUT2D eigenvalue weighted by Gasteiger charge is 2.58. The van der Waals surface area contributed by atoms with Gasteiger partial charge in [-0.2, -0.15) is 0 Å². The molecule has 3 aromatic rings. The average molecular weight is 418 g/mol. The molecule has 5 atom stereocenters. The van der Waals surface area contributed by atoms with Gasteiger partial charge in [-0.1, -0.05) is 91.0 Å². The van der Waals surface area contributed by atoms with E-state index < -0.39 is 12.4 Å². The van der Waals surface area contributed by atoms with Crippen molar-refractivity contribution in [2.24, 2.45) is 0 Å². The Morgan fingerprint density at radius 1 is 0.516 bits per heavy atom. The van der Waals surface area contributed by atoms with Gasteiger partial charge in [-0.25, -0.2) is 0 Å². The summed E-state index contributed by atoms with van der Waals surface area (Å²) in [6.07, 6.45) is -1.70. The molecule has 5 heteroatoms. The van der Waals surface area contributed by atoms with Crippen molar-refractivity contribution >= 4 is 0 Å². The van der Waals surface area contributed by atoms with Gasteiger partial charge in [-0.05, 0) is 16.7 Å². The van der Waals surface area contributed by atoms with E-state index in [9.17, 15) is 0 Å². The molecule has 0 unspecified atom stereocenters. The third-order valence-electron chi connectivity index (χ3n) is 5.49. The van der Waals surface area contributed by atoms with Gasteiger partial charge in [-0.3, -0.25) is 0 Å². The molecule has 0 bridgehead atoms. The van der Waals surface area contributed by atoms with Gasteiger partial charge in [-0.15, -0.1) is 0 Å².